The number of halogens is 1. The summed E-state index contributed by atoms with van der Waals surface area (Å²) in [5.74, 6) is 1.52. The fourth-order valence-corrected chi connectivity index (χ4v) is 2.38. The summed E-state index contributed by atoms with van der Waals surface area (Å²) in [5.41, 5.74) is 1.29. The van der Waals surface area contributed by atoms with E-state index in [1.807, 2.05) is 30.3 Å². The highest BCUT2D eigenvalue weighted by Crippen LogP contribution is 2.28. The molecule has 1 aromatic heterocycles. The second kappa shape index (κ2) is 5.77. The third-order valence-corrected chi connectivity index (χ3v) is 3.57. The Morgan fingerprint density at radius 3 is 2.52 bits per heavy atom. The van der Waals surface area contributed by atoms with Crippen molar-refractivity contribution in [3.05, 3.63) is 63.1 Å². The number of methoxy groups -OCH3 is 1. The molecule has 106 valence electrons. The van der Waals surface area contributed by atoms with Crippen molar-refractivity contribution in [1.82, 2.24) is 0 Å². The summed E-state index contributed by atoms with van der Waals surface area (Å²) in [4.78, 5) is 11.9. The Morgan fingerprint density at radius 1 is 1.14 bits per heavy atom. The first-order valence-corrected chi connectivity index (χ1v) is 7.29. The number of hydrogen-bond donors (Lipinski definition) is 0. The minimum absolute atomic E-state index is 0.382. The molecule has 0 unspecified atom stereocenters. The molecule has 0 bridgehead atoms. The van der Waals surface area contributed by atoms with Crippen LogP contribution in [-0.4, -0.2) is 13.1 Å². The average molecular weight is 394 g/mol. The van der Waals surface area contributed by atoms with Gasteiger partial charge in [0.05, 0.1) is 12.7 Å². The Morgan fingerprint density at radius 2 is 1.90 bits per heavy atom. The van der Waals surface area contributed by atoms with E-state index in [1.165, 1.54) is 0 Å². The number of carbonyl (C=O) groups excluding carboxylic acids is 1. The molecule has 0 amide bonds. The van der Waals surface area contributed by atoms with Gasteiger partial charge in [0.15, 0.2) is 3.77 Å². The van der Waals surface area contributed by atoms with Gasteiger partial charge in [-0.3, -0.25) is 0 Å². The Kier molecular flexibility index (Phi) is 3.83. The topological polar surface area (TPSA) is 48.7 Å². The number of esters is 1. The standard InChI is InChI=1S/C16H11IO4/c1-19-12-4-2-10(3-5-12)14-9-11(16(18)21-14)8-13-6-7-15(17)20-13/h2-9H,1H3/b11-8+. The summed E-state index contributed by atoms with van der Waals surface area (Å²) >= 11 is 2.07. The molecule has 2 aromatic rings. The number of benzene rings is 1. The summed E-state index contributed by atoms with van der Waals surface area (Å²) in [5, 5.41) is 0. The van der Waals surface area contributed by atoms with E-state index >= 15 is 0 Å². The average Bonchev–Trinajstić information content (AvgIpc) is 3.06. The molecule has 5 heteroatoms. The monoisotopic (exact) mass is 394 g/mol. The molecule has 2 heterocycles. The Labute approximate surface area is 135 Å². The van der Waals surface area contributed by atoms with Gasteiger partial charge in [0.2, 0.25) is 0 Å². The van der Waals surface area contributed by atoms with Crippen molar-refractivity contribution in [3.63, 3.8) is 0 Å². The highest BCUT2D eigenvalue weighted by atomic mass is 127. The van der Waals surface area contributed by atoms with Gasteiger partial charge in [-0.1, -0.05) is 0 Å². The lowest BCUT2D eigenvalue weighted by atomic mass is 10.1. The highest BCUT2D eigenvalue weighted by Gasteiger charge is 2.22. The maximum absolute atomic E-state index is 11.9. The van der Waals surface area contributed by atoms with E-state index in [0.717, 1.165) is 15.1 Å². The van der Waals surface area contributed by atoms with Crippen LogP contribution in [0.15, 0.2) is 52.5 Å². The van der Waals surface area contributed by atoms with Crippen molar-refractivity contribution in [2.45, 2.75) is 0 Å². The lowest BCUT2D eigenvalue weighted by Crippen LogP contribution is -1.97. The van der Waals surface area contributed by atoms with Crippen molar-refractivity contribution in [2.75, 3.05) is 7.11 Å². The van der Waals surface area contributed by atoms with E-state index in [2.05, 4.69) is 22.6 Å². The van der Waals surface area contributed by atoms with E-state index in [-0.39, 0.29) is 5.97 Å². The van der Waals surface area contributed by atoms with E-state index in [1.54, 1.807) is 25.3 Å². The fraction of sp³-hybridized carbons (Fsp3) is 0.0625. The number of carbonyl (C=O) groups is 1. The van der Waals surface area contributed by atoms with Crippen molar-refractivity contribution < 1.29 is 18.7 Å². The lowest BCUT2D eigenvalue weighted by Gasteiger charge is -2.03. The van der Waals surface area contributed by atoms with Gasteiger partial charge in [-0.05, 0) is 71.1 Å². The van der Waals surface area contributed by atoms with Crippen LogP contribution in [0.1, 0.15) is 11.3 Å². The molecule has 0 aliphatic carbocycles. The molecule has 21 heavy (non-hydrogen) atoms. The molecule has 1 aliphatic heterocycles. The van der Waals surface area contributed by atoms with Crippen LogP contribution < -0.4 is 4.74 Å². The molecular formula is C16H11IO4. The minimum Gasteiger partial charge on any atom is -0.497 e. The van der Waals surface area contributed by atoms with Gasteiger partial charge < -0.3 is 13.9 Å². The van der Waals surface area contributed by atoms with Gasteiger partial charge in [0, 0.05) is 5.56 Å². The first kappa shape index (κ1) is 13.9. The van der Waals surface area contributed by atoms with Crippen LogP contribution >= 0.6 is 22.6 Å². The Balaban J connectivity index is 1.89. The number of cyclic esters (lactones) is 1. The maximum atomic E-state index is 11.9. The summed E-state index contributed by atoms with van der Waals surface area (Å²) in [6.07, 6.45) is 3.38. The molecule has 0 saturated carbocycles. The van der Waals surface area contributed by atoms with Crippen LogP contribution in [0.25, 0.3) is 11.8 Å². The van der Waals surface area contributed by atoms with Crippen molar-refractivity contribution in [1.29, 1.82) is 0 Å². The third-order valence-electron chi connectivity index (χ3n) is 2.99. The quantitative estimate of drug-likeness (QED) is 0.451. The number of rotatable bonds is 3. The molecule has 0 saturated heterocycles. The zero-order chi connectivity index (χ0) is 14.8. The predicted octanol–water partition coefficient (Wildman–Crippen LogP) is 3.87. The lowest BCUT2D eigenvalue weighted by molar-refractivity contribution is -0.130. The number of furan rings is 1. The zero-order valence-electron chi connectivity index (χ0n) is 11.1. The van der Waals surface area contributed by atoms with Crippen molar-refractivity contribution in [3.8, 4) is 5.75 Å². The third kappa shape index (κ3) is 3.02. The molecule has 0 spiro atoms. The number of hydrogen-bond acceptors (Lipinski definition) is 4. The Hall–Kier alpha value is -2.02. The van der Waals surface area contributed by atoms with E-state index in [4.69, 9.17) is 13.9 Å². The minimum atomic E-state index is -0.382. The number of ether oxygens (including phenoxy) is 2. The van der Waals surface area contributed by atoms with Crippen LogP contribution in [0.5, 0.6) is 5.75 Å². The molecule has 1 aromatic carbocycles. The summed E-state index contributed by atoms with van der Waals surface area (Å²) < 4.78 is 16.6. The molecule has 0 radical (unpaired) electrons. The summed E-state index contributed by atoms with van der Waals surface area (Å²) in [6.45, 7) is 0. The van der Waals surface area contributed by atoms with E-state index in [9.17, 15) is 4.79 Å². The molecule has 0 fully saturated rings. The van der Waals surface area contributed by atoms with Gasteiger partial charge in [0.25, 0.3) is 0 Å². The highest BCUT2D eigenvalue weighted by molar-refractivity contribution is 14.1. The van der Waals surface area contributed by atoms with Crippen LogP contribution in [0, 0.1) is 3.77 Å². The largest absolute Gasteiger partial charge is 0.497 e. The first-order chi connectivity index (χ1) is 10.2. The van der Waals surface area contributed by atoms with Gasteiger partial charge in [-0.2, -0.15) is 0 Å². The zero-order valence-corrected chi connectivity index (χ0v) is 13.3. The molecule has 1 aliphatic rings. The van der Waals surface area contributed by atoms with Crippen LogP contribution in [0.3, 0.4) is 0 Å². The second-order valence-electron chi connectivity index (χ2n) is 4.37. The molecule has 3 rings (SSSR count). The van der Waals surface area contributed by atoms with Gasteiger partial charge >= 0.3 is 5.97 Å². The van der Waals surface area contributed by atoms with Crippen LogP contribution in [-0.2, 0) is 9.53 Å². The molecule has 4 nitrogen and oxygen atoms in total. The van der Waals surface area contributed by atoms with Crippen molar-refractivity contribution >= 4 is 40.4 Å². The second-order valence-corrected chi connectivity index (χ2v) is 5.43. The SMILES string of the molecule is COc1ccc(C2=C/C(=C\c3ccc(I)o3)C(=O)O2)cc1. The summed E-state index contributed by atoms with van der Waals surface area (Å²) in [6, 6.07) is 11.0. The molecule has 0 atom stereocenters. The van der Waals surface area contributed by atoms with Gasteiger partial charge in [-0.25, -0.2) is 4.79 Å². The first-order valence-electron chi connectivity index (χ1n) is 6.21. The van der Waals surface area contributed by atoms with Crippen LogP contribution in [0.4, 0.5) is 0 Å². The van der Waals surface area contributed by atoms with E-state index in [0.29, 0.717) is 17.1 Å². The predicted molar refractivity (Wildman–Crippen MR) is 86.5 cm³/mol. The maximum Gasteiger partial charge on any atom is 0.343 e. The van der Waals surface area contributed by atoms with Gasteiger partial charge in [0.1, 0.15) is 17.3 Å². The van der Waals surface area contributed by atoms with Crippen molar-refractivity contribution in [2.24, 2.45) is 0 Å². The smallest absolute Gasteiger partial charge is 0.343 e. The normalized spacial score (nSPS) is 16.0. The van der Waals surface area contributed by atoms with Gasteiger partial charge in [-0.15, -0.1) is 0 Å². The summed E-state index contributed by atoms with van der Waals surface area (Å²) in [7, 11) is 1.61. The molecular weight excluding hydrogens is 383 g/mol. The van der Waals surface area contributed by atoms with Crippen LogP contribution in [0.2, 0.25) is 0 Å². The van der Waals surface area contributed by atoms with E-state index < -0.39 is 0 Å². The Bertz CT molecular complexity index is 738. The molecule has 0 N–H and O–H groups in total. The fourth-order valence-electron chi connectivity index (χ4n) is 1.95.